The van der Waals surface area contributed by atoms with E-state index in [1.54, 1.807) is 16.7 Å². The lowest BCUT2D eigenvalue weighted by Gasteiger charge is -2.23. The molecule has 0 bridgehead atoms. The number of urea groups is 1. The summed E-state index contributed by atoms with van der Waals surface area (Å²) in [6, 6.07) is 6.45. The molecule has 0 aliphatic heterocycles. The number of aromatic nitrogens is 2. The maximum Gasteiger partial charge on any atom is 0.318 e. The third-order valence-electron chi connectivity index (χ3n) is 4.81. The SMILES string of the molecule is CC(C)C(Sc1nc2ccccc2c(=O)n1C1CCCC1)C(=O)NC(N)=O. The molecule has 3 amide bonds. The Hall–Kier alpha value is -2.35. The molecular formula is C19H24N4O3S. The van der Waals surface area contributed by atoms with E-state index < -0.39 is 17.2 Å². The van der Waals surface area contributed by atoms with Gasteiger partial charge in [-0.15, -0.1) is 0 Å². The number of nitrogens with two attached hydrogens (primary N) is 1. The average Bonchev–Trinajstić information content (AvgIpc) is 3.13. The Morgan fingerprint density at radius 2 is 1.93 bits per heavy atom. The molecule has 1 aliphatic carbocycles. The maximum absolute atomic E-state index is 13.2. The summed E-state index contributed by atoms with van der Waals surface area (Å²) >= 11 is 1.22. The van der Waals surface area contributed by atoms with Gasteiger partial charge in [-0.1, -0.05) is 50.6 Å². The van der Waals surface area contributed by atoms with E-state index in [1.807, 2.05) is 26.0 Å². The highest BCUT2D eigenvalue weighted by molar-refractivity contribution is 8.00. The van der Waals surface area contributed by atoms with Crippen LogP contribution in [0.3, 0.4) is 0 Å². The number of imide groups is 1. The molecule has 1 aliphatic rings. The van der Waals surface area contributed by atoms with Crippen LogP contribution in [-0.2, 0) is 4.79 Å². The van der Waals surface area contributed by atoms with Gasteiger partial charge >= 0.3 is 6.03 Å². The molecule has 144 valence electrons. The maximum atomic E-state index is 13.2. The summed E-state index contributed by atoms with van der Waals surface area (Å²) in [6.07, 6.45) is 3.99. The fourth-order valence-electron chi connectivity index (χ4n) is 3.49. The van der Waals surface area contributed by atoms with Crippen LogP contribution in [0.1, 0.15) is 45.6 Å². The molecular weight excluding hydrogens is 364 g/mol. The predicted molar refractivity (Wildman–Crippen MR) is 106 cm³/mol. The number of thioether (sulfide) groups is 1. The van der Waals surface area contributed by atoms with Crippen LogP contribution in [0.2, 0.25) is 0 Å². The van der Waals surface area contributed by atoms with Gasteiger partial charge in [0.25, 0.3) is 5.56 Å². The number of hydrogen-bond donors (Lipinski definition) is 2. The number of primary amides is 1. The van der Waals surface area contributed by atoms with Crippen molar-refractivity contribution < 1.29 is 9.59 Å². The van der Waals surface area contributed by atoms with Crippen LogP contribution < -0.4 is 16.6 Å². The average molecular weight is 388 g/mol. The molecule has 1 fully saturated rings. The van der Waals surface area contributed by atoms with Gasteiger partial charge in [-0.05, 0) is 30.9 Å². The van der Waals surface area contributed by atoms with E-state index in [0.29, 0.717) is 16.1 Å². The van der Waals surface area contributed by atoms with Crippen molar-refractivity contribution in [3.8, 4) is 0 Å². The number of amides is 3. The number of nitrogens with one attached hydrogen (secondary N) is 1. The molecule has 0 spiro atoms. The monoisotopic (exact) mass is 388 g/mol. The molecule has 1 aromatic heterocycles. The van der Waals surface area contributed by atoms with Gasteiger partial charge in [0.2, 0.25) is 5.91 Å². The molecule has 3 N–H and O–H groups in total. The molecule has 7 nitrogen and oxygen atoms in total. The van der Waals surface area contributed by atoms with Crippen LogP contribution in [0.4, 0.5) is 4.79 Å². The van der Waals surface area contributed by atoms with Crippen molar-refractivity contribution in [2.24, 2.45) is 11.7 Å². The minimum Gasteiger partial charge on any atom is -0.351 e. The Kier molecular flexibility index (Phi) is 5.84. The van der Waals surface area contributed by atoms with Crippen molar-refractivity contribution in [2.45, 2.75) is 56.0 Å². The Labute approximate surface area is 161 Å². The van der Waals surface area contributed by atoms with Gasteiger partial charge in [0.05, 0.1) is 16.2 Å². The zero-order chi connectivity index (χ0) is 19.6. The summed E-state index contributed by atoms with van der Waals surface area (Å²) in [7, 11) is 0. The summed E-state index contributed by atoms with van der Waals surface area (Å²) in [5, 5.41) is 2.66. The van der Waals surface area contributed by atoms with Gasteiger partial charge < -0.3 is 5.73 Å². The third-order valence-corrected chi connectivity index (χ3v) is 6.32. The van der Waals surface area contributed by atoms with Crippen molar-refractivity contribution in [3.05, 3.63) is 34.6 Å². The summed E-state index contributed by atoms with van der Waals surface area (Å²) in [5.41, 5.74) is 5.63. The van der Waals surface area contributed by atoms with E-state index in [4.69, 9.17) is 10.7 Å². The van der Waals surface area contributed by atoms with Crippen LogP contribution in [0, 0.1) is 5.92 Å². The minimum absolute atomic E-state index is 0.0743. The number of rotatable bonds is 5. The number of fused-ring (bicyclic) bond motifs is 1. The number of carbonyl (C=O) groups excluding carboxylic acids is 2. The Balaban J connectivity index is 2.08. The van der Waals surface area contributed by atoms with Gasteiger partial charge in [0.1, 0.15) is 0 Å². The highest BCUT2D eigenvalue weighted by Crippen LogP contribution is 2.34. The lowest BCUT2D eigenvalue weighted by Crippen LogP contribution is -2.42. The van der Waals surface area contributed by atoms with Crippen LogP contribution in [0.15, 0.2) is 34.2 Å². The molecule has 1 heterocycles. The van der Waals surface area contributed by atoms with E-state index in [2.05, 4.69) is 5.32 Å². The number of para-hydroxylation sites is 1. The number of carbonyl (C=O) groups is 2. The molecule has 1 unspecified atom stereocenters. The largest absolute Gasteiger partial charge is 0.351 e. The second-order valence-electron chi connectivity index (χ2n) is 7.16. The summed E-state index contributed by atoms with van der Waals surface area (Å²) < 4.78 is 1.74. The molecule has 1 aromatic carbocycles. The third kappa shape index (κ3) is 4.16. The number of nitrogens with zero attached hydrogens (tertiary/aromatic N) is 2. The molecule has 0 saturated heterocycles. The first-order valence-corrected chi connectivity index (χ1v) is 10.0. The lowest BCUT2D eigenvalue weighted by molar-refractivity contribution is -0.120. The highest BCUT2D eigenvalue weighted by atomic mass is 32.2. The van der Waals surface area contributed by atoms with Crippen LogP contribution in [0.25, 0.3) is 10.9 Å². The molecule has 27 heavy (non-hydrogen) atoms. The van der Waals surface area contributed by atoms with Crippen molar-refractivity contribution >= 4 is 34.6 Å². The van der Waals surface area contributed by atoms with Crippen molar-refractivity contribution in [2.75, 3.05) is 0 Å². The molecule has 8 heteroatoms. The molecule has 3 rings (SSSR count). The van der Waals surface area contributed by atoms with E-state index >= 15 is 0 Å². The normalized spacial score (nSPS) is 16.0. The zero-order valence-electron chi connectivity index (χ0n) is 15.5. The zero-order valence-corrected chi connectivity index (χ0v) is 16.3. The lowest BCUT2D eigenvalue weighted by atomic mass is 10.1. The van der Waals surface area contributed by atoms with Gasteiger partial charge in [0.15, 0.2) is 5.16 Å². The predicted octanol–water partition coefficient (Wildman–Crippen LogP) is 2.82. The van der Waals surface area contributed by atoms with Crippen LogP contribution in [0.5, 0.6) is 0 Å². The molecule has 1 atom stereocenters. The van der Waals surface area contributed by atoms with Crippen molar-refractivity contribution in [3.63, 3.8) is 0 Å². The van der Waals surface area contributed by atoms with Crippen LogP contribution >= 0.6 is 11.8 Å². The second-order valence-corrected chi connectivity index (χ2v) is 8.27. The van der Waals surface area contributed by atoms with Gasteiger partial charge in [-0.25, -0.2) is 9.78 Å². The van der Waals surface area contributed by atoms with Crippen molar-refractivity contribution in [1.29, 1.82) is 0 Å². The van der Waals surface area contributed by atoms with Gasteiger partial charge in [-0.3, -0.25) is 19.5 Å². The Morgan fingerprint density at radius 1 is 1.26 bits per heavy atom. The number of hydrogen-bond acceptors (Lipinski definition) is 5. The van der Waals surface area contributed by atoms with Gasteiger partial charge in [0, 0.05) is 6.04 Å². The topological polar surface area (TPSA) is 107 Å². The second kappa shape index (κ2) is 8.12. The fraction of sp³-hybridized carbons (Fsp3) is 0.474. The first kappa shape index (κ1) is 19.4. The standard InChI is InChI=1S/C19H24N4O3S/c1-11(2)15(16(24)22-18(20)26)27-19-21-14-10-6-5-9-13(14)17(25)23(19)12-7-3-4-8-12/h5-6,9-12,15H,3-4,7-8H2,1-2H3,(H3,20,22,24,26). The first-order chi connectivity index (χ1) is 12.9. The Morgan fingerprint density at radius 3 is 2.56 bits per heavy atom. The summed E-state index contributed by atoms with van der Waals surface area (Å²) in [6.45, 7) is 3.77. The molecule has 2 aromatic rings. The quantitative estimate of drug-likeness (QED) is 0.605. The summed E-state index contributed by atoms with van der Waals surface area (Å²) in [4.78, 5) is 41.4. The fourth-order valence-corrected chi connectivity index (χ4v) is 4.65. The van der Waals surface area contributed by atoms with E-state index in [-0.39, 0.29) is 17.5 Å². The van der Waals surface area contributed by atoms with Crippen molar-refractivity contribution in [1.82, 2.24) is 14.9 Å². The molecule has 0 radical (unpaired) electrons. The minimum atomic E-state index is -0.883. The number of benzene rings is 1. The van der Waals surface area contributed by atoms with E-state index in [1.165, 1.54) is 11.8 Å². The Bertz CT molecular complexity index is 919. The smallest absolute Gasteiger partial charge is 0.318 e. The first-order valence-electron chi connectivity index (χ1n) is 9.16. The van der Waals surface area contributed by atoms with E-state index in [0.717, 1.165) is 25.7 Å². The summed E-state index contributed by atoms with van der Waals surface area (Å²) in [5.74, 6) is -0.544. The highest BCUT2D eigenvalue weighted by Gasteiger charge is 2.29. The van der Waals surface area contributed by atoms with E-state index in [9.17, 15) is 14.4 Å². The molecule has 1 saturated carbocycles. The van der Waals surface area contributed by atoms with Crippen LogP contribution in [-0.4, -0.2) is 26.7 Å². The van der Waals surface area contributed by atoms with Gasteiger partial charge in [-0.2, -0.15) is 0 Å².